The molecule has 2 saturated heterocycles. The van der Waals surface area contributed by atoms with Crippen LogP contribution < -0.4 is 4.90 Å². The Labute approximate surface area is 130 Å². The Morgan fingerprint density at radius 2 is 1.86 bits per heavy atom. The van der Waals surface area contributed by atoms with Crippen LogP contribution in [-0.2, 0) is 4.74 Å². The largest absolute Gasteiger partial charge is 0.379 e. The molecule has 5 heteroatoms. The SMILES string of the molecule is c1ccc2nc(N3CCCC(N4CCOCC4)C3)cnc2c1. The second kappa shape index (κ2) is 6.18. The average Bonchev–Trinajstić information content (AvgIpc) is 2.62. The van der Waals surface area contributed by atoms with Crippen molar-refractivity contribution in [3.63, 3.8) is 0 Å². The van der Waals surface area contributed by atoms with Crippen molar-refractivity contribution in [1.29, 1.82) is 0 Å². The van der Waals surface area contributed by atoms with Crippen LogP contribution in [0.25, 0.3) is 11.0 Å². The van der Waals surface area contributed by atoms with E-state index in [9.17, 15) is 0 Å². The highest BCUT2D eigenvalue weighted by Crippen LogP contribution is 2.22. The van der Waals surface area contributed by atoms with Crippen molar-refractivity contribution in [3.05, 3.63) is 30.5 Å². The molecule has 1 aromatic carbocycles. The molecule has 4 rings (SSSR count). The molecule has 2 aliphatic rings. The highest BCUT2D eigenvalue weighted by Gasteiger charge is 2.27. The van der Waals surface area contributed by atoms with E-state index in [0.717, 1.165) is 56.2 Å². The quantitative estimate of drug-likeness (QED) is 0.847. The number of nitrogens with zero attached hydrogens (tertiary/aromatic N) is 4. The van der Waals surface area contributed by atoms with Gasteiger partial charge in [-0.1, -0.05) is 12.1 Å². The van der Waals surface area contributed by atoms with Crippen LogP contribution in [0, 0.1) is 0 Å². The molecule has 3 heterocycles. The van der Waals surface area contributed by atoms with Crippen LogP contribution in [-0.4, -0.2) is 60.3 Å². The summed E-state index contributed by atoms with van der Waals surface area (Å²) in [6, 6.07) is 8.69. The molecule has 22 heavy (non-hydrogen) atoms. The van der Waals surface area contributed by atoms with Crippen molar-refractivity contribution in [2.45, 2.75) is 18.9 Å². The lowest BCUT2D eigenvalue weighted by Gasteiger charge is -2.41. The Balaban J connectivity index is 1.52. The lowest BCUT2D eigenvalue weighted by Crippen LogP contribution is -2.51. The van der Waals surface area contributed by atoms with Crippen molar-refractivity contribution >= 4 is 16.9 Å². The highest BCUT2D eigenvalue weighted by atomic mass is 16.5. The van der Waals surface area contributed by atoms with Crippen LogP contribution in [0.3, 0.4) is 0 Å². The van der Waals surface area contributed by atoms with Crippen LogP contribution in [0.4, 0.5) is 5.82 Å². The first-order valence-electron chi connectivity index (χ1n) is 8.19. The van der Waals surface area contributed by atoms with Gasteiger partial charge in [-0.2, -0.15) is 0 Å². The molecule has 2 aliphatic heterocycles. The van der Waals surface area contributed by atoms with Gasteiger partial charge in [-0.05, 0) is 25.0 Å². The van der Waals surface area contributed by atoms with Gasteiger partial charge < -0.3 is 9.64 Å². The van der Waals surface area contributed by atoms with Crippen molar-refractivity contribution in [1.82, 2.24) is 14.9 Å². The van der Waals surface area contributed by atoms with Gasteiger partial charge in [-0.3, -0.25) is 9.88 Å². The number of morpholine rings is 1. The van der Waals surface area contributed by atoms with Crippen molar-refractivity contribution in [3.8, 4) is 0 Å². The second-order valence-corrected chi connectivity index (χ2v) is 6.11. The maximum absolute atomic E-state index is 5.47. The maximum Gasteiger partial charge on any atom is 0.147 e. The number of hydrogen-bond acceptors (Lipinski definition) is 5. The van der Waals surface area contributed by atoms with Crippen molar-refractivity contribution < 1.29 is 4.74 Å². The van der Waals surface area contributed by atoms with Crippen LogP contribution in [0.2, 0.25) is 0 Å². The molecule has 0 aliphatic carbocycles. The first-order valence-corrected chi connectivity index (χ1v) is 8.19. The van der Waals surface area contributed by atoms with E-state index in [2.05, 4.69) is 14.8 Å². The predicted molar refractivity (Wildman–Crippen MR) is 87.2 cm³/mol. The standard InChI is InChI=1S/C17H22N4O/c1-2-6-16-15(5-1)18-12-17(19-16)21-7-3-4-14(13-21)20-8-10-22-11-9-20/h1-2,5-6,12,14H,3-4,7-11,13H2. The molecule has 0 radical (unpaired) electrons. The minimum absolute atomic E-state index is 0.617. The molecular formula is C17H22N4O. The fraction of sp³-hybridized carbons (Fsp3) is 0.529. The molecule has 1 aromatic heterocycles. The molecule has 0 saturated carbocycles. The molecule has 0 amide bonds. The van der Waals surface area contributed by atoms with E-state index in [1.54, 1.807) is 0 Å². The summed E-state index contributed by atoms with van der Waals surface area (Å²) in [6.07, 6.45) is 4.41. The van der Waals surface area contributed by atoms with Gasteiger partial charge in [0.15, 0.2) is 0 Å². The number of aromatic nitrogens is 2. The van der Waals surface area contributed by atoms with Crippen LogP contribution in [0.5, 0.6) is 0 Å². The summed E-state index contributed by atoms with van der Waals surface area (Å²) >= 11 is 0. The summed E-state index contributed by atoms with van der Waals surface area (Å²) in [5.41, 5.74) is 1.95. The number of hydrogen-bond donors (Lipinski definition) is 0. The van der Waals surface area contributed by atoms with Gasteiger partial charge in [-0.15, -0.1) is 0 Å². The number of fused-ring (bicyclic) bond motifs is 1. The molecule has 1 unspecified atom stereocenters. The molecule has 2 fully saturated rings. The fourth-order valence-corrected chi connectivity index (χ4v) is 3.50. The molecule has 0 N–H and O–H groups in total. The molecule has 1 atom stereocenters. The lowest BCUT2D eigenvalue weighted by molar-refractivity contribution is 0.0137. The number of ether oxygens (including phenoxy) is 1. The third-order valence-electron chi connectivity index (χ3n) is 4.72. The monoisotopic (exact) mass is 298 g/mol. The topological polar surface area (TPSA) is 41.5 Å². The Morgan fingerprint density at radius 3 is 2.73 bits per heavy atom. The Morgan fingerprint density at radius 1 is 1.05 bits per heavy atom. The number of anilines is 1. The van der Waals surface area contributed by atoms with E-state index in [1.807, 2.05) is 30.5 Å². The number of rotatable bonds is 2. The first-order chi connectivity index (χ1) is 10.9. The number of para-hydroxylation sites is 2. The van der Waals surface area contributed by atoms with E-state index in [4.69, 9.17) is 9.72 Å². The van der Waals surface area contributed by atoms with E-state index in [-0.39, 0.29) is 0 Å². The molecular weight excluding hydrogens is 276 g/mol. The fourth-order valence-electron chi connectivity index (χ4n) is 3.50. The molecule has 116 valence electrons. The molecule has 2 aromatic rings. The van der Waals surface area contributed by atoms with Gasteiger partial charge in [0.05, 0.1) is 30.4 Å². The molecule has 0 bridgehead atoms. The third-order valence-corrected chi connectivity index (χ3v) is 4.72. The van der Waals surface area contributed by atoms with Crippen LogP contribution in [0.15, 0.2) is 30.5 Å². The zero-order chi connectivity index (χ0) is 14.8. The van der Waals surface area contributed by atoms with Gasteiger partial charge in [0, 0.05) is 32.2 Å². The zero-order valence-corrected chi connectivity index (χ0v) is 12.8. The summed E-state index contributed by atoms with van der Waals surface area (Å²) in [5.74, 6) is 1.01. The van der Waals surface area contributed by atoms with Crippen LogP contribution in [0.1, 0.15) is 12.8 Å². The van der Waals surface area contributed by atoms with E-state index in [0.29, 0.717) is 6.04 Å². The Bertz CT molecular complexity index is 641. The van der Waals surface area contributed by atoms with E-state index >= 15 is 0 Å². The van der Waals surface area contributed by atoms with Gasteiger partial charge in [0.1, 0.15) is 5.82 Å². The number of benzene rings is 1. The average molecular weight is 298 g/mol. The second-order valence-electron chi connectivity index (χ2n) is 6.11. The summed E-state index contributed by atoms with van der Waals surface area (Å²) < 4.78 is 5.47. The van der Waals surface area contributed by atoms with Crippen LogP contribution >= 0.6 is 0 Å². The van der Waals surface area contributed by atoms with Crippen molar-refractivity contribution in [2.75, 3.05) is 44.3 Å². The maximum atomic E-state index is 5.47. The third kappa shape index (κ3) is 2.78. The van der Waals surface area contributed by atoms with Crippen molar-refractivity contribution in [2.24, 2.45) is 0 Å². The number of piperidine rings is 1. The smallest absolute Gasteiger partial charge is 0.147 e. The normalized spacial score (nSPS) is 23.8. The van der Waals surface area contributed by atoms with E-state index in [1.165, 1.54) is 12.8 Å². The minimum atomic E-state index is 0.617. The highest BCUT2D eigenvalue weighted by molar-refractivity contribution is 5.75. The van der Waals surface area contributed by atoms with E-state index < -0.39 is 0 Å². The van der Waals surface area contributed by atoms with Gasteiger partial charge in [-0.25, -0.2) is 4.98 Å². The molecule has 0 spiro atoms. The predicted octanol–water partition coefficient (Wildman–Crippen LogP) is 1.93. The summed E-state index contributed by atoms with van der Waals surface area (Å²) in [5, 5.41) is 0. The van der Waals surface area contributed by atoms with Gasteiger partial charge in [0.25, 0.3) is 0 Å². The zero-order valence-electron chi connectivity index (χ0n) is 12.8. The van der Waals surface area contributed by atoms with Gasteiger partial charge >= 0.3 is 0 Å². The molecule has 5 nitrogen and oxygen atoms in total. The summed E-state index contributed by atoms with van der Waals surface area (Å²) in [4.78, 5) is 14.3. The summed E-state index contributed by atoms with van der Waals surface area (Å²) in [7, 11) is 0. The lowest BCUT2D eigenvalue weighted by atomic mass is 10.0. The van der Waals surface area contributed by atoms with Gasteiger partial charge in [0.2, 0.25) is 0 Å². The first kappa shape index (κ1) is 13.9. The summed E-state index contributed by atoms with van der Waals surface area (Å²) in [6.45, 7) is 5.98. The Kier molecular flexibility index (Phi) is 3.91. The Hall–Kier alpha value is -1.72. The minimum Gasteiger partial charge on any atom is -0.379 e.